The molecule has 2 heterocycles. The predicted octanol–water partition coefficient (Wildman–Crippen LogP) is 1.91. The minimum Gasteiger partial charge on any atom is -0.444 e. The van der Waals surface area contributed by atoms with Gasteiger partial charge in [-0.1, -0.05) is 6.07 Å². The summed E-state index contributed by atoms with van der Waals surface area (Å²) in [6, 6.07) is 5.41. The third-order valence-corrected chi connectivity index (χ3v) is 3.04. The average Bonchev–Trinajstić information content (AvgIpc) is 2.73. The molecule has 0 bridgehead atoms. The number of hydrogen-bond acceptors (Lipinski definition) is 4. The van der Waals surface area contributed by atoms with Crippen molar-refractivity contribution in [3.05, 3.63) is 30.1 Å². The van der Waals surface area contributed by atoms with Crippen molar-refractivity contribution in [2.45, 2.75) is 38.4 Å². The lowest BCUT2D eigenvalue weighted by Crippen LogP contribution is -2.38. The molecule has 104 valence electrons. The molecule has 1 aliphatic rings. The van der Waals surface area contributed by atoms with Crippen molar-refractivity contribution in [3.8, 4) is 0 Å². The van der Waals surface area contributed by atoms with E-state index in [0.29, 0.717) is 18.7 Å². The van der Waals surface area contributed by atoms with Crippen molar-refractivity contribution in [1.82, 2.24) is 9.88 Å². The van der Waals surface area contributed by atoms with E-state index in [4.69, 9.17) is 4.74 Å². The number of aromatic nitrogens is 1. The normalized spacial score (nSPS) is 23.5. The molecule has 0 radical (unpaired) electrons. The Hall–Kier alpha value is -1.62. The Morgan fingerprint density at radius 1 is 1.47 bits per heavy atom. The average molecular weight is 264 g/mol. The van der Waals surface area contributed by atoms with Crippen molar-refractivity contribution in [1.29, 1.82) is 0 Å². The summed E-state index contributed by atoms with van der Waals surface area (Å²) in [5, 5.41) is 10.6. The molecule has 1 amide bonds. The topological polar surface area (TPSA) is 62.7 Å². The van der Waals surface area contributed by atoms with Gasteiger partial charge in [0, 0.05) is 19.2 Å². The predicted molar refractivity (Wildman–Crippen MR) is 70.6 cm³/mol. The second kappa shape index (κ2) is 4.81. The van der Waals surface area contributed by atoms with E-state index in [1.807, 2.05) is 26.8 Å². The highest BCUT2D eigenvalue weighted by Crippen LogP contribution is 2.31. The number of ether oxygens (including phenoxy) is 1. The minimum atomic E-state index is -1.07. The zero-order valence-electron chi connectivity index (χ0n) is 11.6. The van der Waals surface area contributed by atoms with Gasteiger partial charge >= 0.3 is 6.09 Å². The number of aliphatic hydroxyl groups is 1. The van der Waals surface area contributed by atoms with Gasteiger partial charge in [-0.15, -0.1) is 0 Å². The lowest BCUT2D eigenvalue weighted by Gasteiger charge is -2.26. The van der Waals surface area contributed by atoms with Gasteiger partial charge in [0.15, 0.2) is 0 Å². The van der Waals surface area contributed by atoms with Crippen molar-refractivity contribution >= 4 is 6.09 Å². The molecule has 5 nitrogen and oxygen atoms in total. The zero-order valence-corrected chi connectivity index (χ0v) is 11.6. The number of pyridine rings is 1. The van der Waals surface area contributed by atoms with Crippen LogP contribution in [0.1, 0.15) is 32.9 Å². The standard InChI is InChI=1S/C14H20N2O3/c1-13(2,3)19-12(17)16-9-7-14(18,10-16)11-6-4-5-8-15-11/h4-6,8,18H,7,9-10H2,1-3H3. The molecule has 1 N–H and O–H groups in total. The first kappa shape index (κ1) is 13.8. The maximum atomic E-state index is 12.0. The van der Waals surface area contributed by atoms with E-state index in [9.17, 15) is 9.90 Å². The first-order valence-corrected chi connectivity index (χ1v) is 6.42. The second-order valence-electron chi connectivity index (χ2n) is 5.90. The van der Waals surface area contributed by atoms with Crippen LogP contribution in [0, 0.1) is 0 Å². The van der Waals surface area contributed by atoms with Crippen LogP contribution in [0.25, 0.3) is 0 Å². The van der Waals surface area contributed by atoms with Gasteiger partial charge in [-0.2, -0.15) is 0 Å². The molecular formula is C14H20N2O3. The molecule has 0 aliphatic carbocycles. The highest BCUT2D eigenvalue weighted by molar-refractivity contribution is 5.68. The van der Waals surface area contributed by atoms with E-state index in [0.717, 1.165) is 0 Å². The van der Waals surface area contributed by atoms with Crippen LogP contribution in [0.4, 0.5) is 4.79 Å². The van der Waals surface area contributed by atoms with E-state index in [-0.39, 0.29) is 12.6 Å². The first-order valence-electron chi connectivity index (χ1n) is 6.42. The highest BCUT2D eigenvalue weighted by atomic mass is 16.6. The Labute approximate surface area is 113 Å². The van der Waals surface area contributed by atoms with Crippen LogP contribution < -0.4 is 0 Å². The smallest absolute Gasteiger partial charge is 0.410 e. The van der Waals surface area contributed by atoms with Crippen LogP contribution in [-0.2, 0) is 10.3 Å². The number of amides is 1. The van der Waals surface area contributed by atoms with Gasteiger partial charge in [0.1, 0.15) is 11.2 Å². The molecule has 5 heteroatoms. The molecule has 1 unspecified atom stereocenters. The minimum absolute atomic E-state index is 0.221. The van der Waals surface area contributed by atoms with Crippen LogP contribution in [0.5, 0.6) is 0 Å². The fraction of sp³-hybridized carbons (Fsp3) is 0.571. The van der Waals surface area contributed by atoms with E-state index >= 15 is 0 Å². The Kier molecular flexibility index (Phi) is 3.49. The van der Waals surface area contributed by atoms with E-state index in [2.05, 4.69) is 4.98 Å². The zero-order chi connectivity index (χ0) is 14.1. The molecule has 1 saturated heterocycles. The number of β-amino-alcohol motifs (C(OH)–C–C–N with tert-alkyl or cyclic N) is 1. The van der Waals surface area contributed by atoms with Crippen molar-refractivity contribution < 1.29 is 14.6 Å². The monoisotopic (exact) mass is 264 g/mol. The van der Waals surface area contributed by atoms with E-state index in [1.54, 1.807) is 18.3 Å². The third kappa shape index (κ3) is 3.23. The Bertz CT molecular complexity index is 456. The molecule has 1 fully saturated rings. The summed E-state index contributed by atoms with van der Waals surface area (Å²) in [5.41, 5.74) is -0.998. The second-order valence-corrected chi connectivity index (χ2v) is 5.90. The Balaban J connectivity index is 2.06. The Morgan fingerprint density at radius 2 is 2.21 bits per heavy atom. The van der Waals surface area contributed by atoms with E-state index < -0.39 is 11.2 Å². The van der Waals surface area contributed by atoms with Crippen molar-refractivity contribution in [2.75, 3.05) is 13.1 Å². The fourth-order valence-corrected chi connectivity index (χ4v) is 2.12. The van der Waals surface area contributed by atoms with Gasteiger partial charge in [0.2, 0.25) is 0 Å². The van der Waals surface area contributed by atoms with Crippen LogP contribution in [-0.4, -0.2) is 39.8 Å². The maximum absolute atomic E-state index is 12.0. The lowest BCUT2D eigenvalue weighted by molar-refractivity contribution is 0.0126. The molecular weight excluding hydrogens is 244 g/mol. The van der Waals surface area contributed by atoms with Gasteiger partial charge in [-0.25, -0.2) is 4.79 Å². The van der Waals surface area contributed by atoms with Crippen molar-refractivity contribution in [2.24, 2.45) is 0 Å². The molecule has 1 aliphatic heterocycles. The number of hydrogen-bond donors (Lipinski definition) is 1. The van der Waals surface area contributed by atoms with Crippen LogP contribution in [0.15, 0.2) is 24.4 Å². The van der Waals surface area contributed by atoms with Gasteiger partial charge in [-0.3, -0.25) is 4.98 Å². The quantitative estimate of drug-likeness (QED) is 0.841. The summed E-state index contributed by atoms with van der Waals surface area (Å²) in [4.78, 5) is 17.7. The molecule has 0 spiro atoms. The fourth-order valence-electron chi connectivity index (χ4n) is 2.12. The summed E-state index contributed by atoms with van der Waals surface area (Å²) in [7, 11) is 0. The van der Waals surface area contributed by atoms with Crippen LogP contribution in [0.3, 0.4) is 0 Å². The molecule has 1 atom stereocenters. The third-order valence-electron chi connectivity index (χ3n) is 3.04. The van der Waals surface area contributed by atoms with E-state index in [1.165, 1.54) is 4.90 Å². The number of carbonyl (C=O) groups is 1. The number of rotatable bonds is 1. The number of carbonyl (C=O) groups excluding carboxylic acids is 1. The van der Waals surface area contributed by atoms with Gasteiger partial charge in [0.05, 0.1) is 12.2 Å². The molecule has 0 saturated carbocycles. The maximum Gasteiger partial charge on any atom is 0.410 e. The number of nitrogens with zero attached hydrogens (tertiary/aromatic N) is 2. The Morgan fingerprint density at radius 3 is 2.79 bits per heavy atom. The van der Waals surface area contributed by atoms with Gasteiger partial charge < -0.3 is 14.7 Å². The largest absolute Gasteiger partial charge is 0.444 e. The highest BCUT2D eigenvalue weighted by Gasteiger charge is 2.41. The molecule has 1 aromatic rings. The summed E-state index contributed by atoms with van der Waals surface area (Å²) in [5.74, 6) is 0. The summed E-state index contributed by atoms with van der Waals surface area (Å²) >= 11 is 0. The lowest BCUT2D eigenvalue weighted by atomic mass is 9.98. The summed E-state index contributed by atoms with van der Waals surface area (Å²) < 4.78 is 5.31. The molecule has 19 heavy (non-hydrogen) atoms. The van der Waals surface area contributed by atoms with Crippen LogP contribution in [0.2, 0.25) is 0 Å². The van der Waals surface area contributed by atoms with Crippen LogP contribution >= 0.6 is 0 Å². The van der Waals surface area contributed by atoms with Gasteiger partial charge in [-0.05, 0) is 32.9 Å². The van der Waals surface area contributed by atoms with Gasteiger partial charge in [0.25, 0.3) is 0 Å². The molecule has 2 rings (SSSR count). The number of likely N-dealkylation sites (tertiary alicyclic amines) is 1. The first-order chi connectivity index (χ1) is 8.80. The van der Waals surface area contributed by atoms with Crippen molar-refractivity contribution in [3.63, 3.8) is 0 Å². The summed E-state index contributed by atoms with van der Waals surface area (Å²) in [6.45, 7) is 6.17. The summed E-state index contributed by atoms with van der Waals surface area (Å²) in [6.07, 6.45) is 1.73. The molecule has 0 aromatic carbocycles. The SMILES string of the molecule is CC(C)(C)OC(=O)N1CCC(O)(c2ccccn2)C1. The molecule has 1 aromatic heterocycles.